The average molecular weight is 478 g/mol. The number of rotatable bonds is 6. The first-order chi connectivity index (χ1) is 16.8. The van der Waals surface area contributed by atoms with Gasteiger partial charge in [0.1, 0.15) is 17.3 Å². The number of anilines is 1. The van der Waals surface area contributed by atoms with Crippen LogP contribution in [0.5, 0.6) is 11.5 Å². The Morgan fingerprint density at radius 3 is 2.57 bits per heavy atom. The van der Waals surface area contributed by atoms with E-state index in [1.54, 1.807) is 33.7 Å². The van der Waals surface area contributed by atoms with Gasteiger partial charge in [-0.15, -0.1) is 0 Å². The molecule has 2 aliphatic heterocycles. The second kappa shape index (κ2) is 9.98. The molecule has 1 saturated heterocycles. The number of aryl methyl sites for hydroxylation is 2. The van der Waals surface area contributed by atoms with Crippen LogP contribution in [0.3, 0.4) is 0 Å². The van der Waals surface area contributed by atoms with E-state index in [-0.39, 0.29) is 17.4 Å². The number of carbonyl (C=O) groups excluding carboxylic acids is 1. The molecule has 0 saturated carbocycles. The molecule has 1 spiro atoms. The van der Waals surface area contributed by atoms with Crippen LogP contribution in [-0.2, 0) is 11.2 Å². The van der Waals surface area contributed by atoms with Crippen molar-refractivity contribution in [2.45, 2.75) is 44.6 Å². The highest BCUT2D eigenvalue weighted by Crippen LogP contribution is 2.38. The van der Waals surface area contributed by atoms with E-state index in [1.807, 2.05) is 36.9 Å². The minimum Gasteiger partial charge on any atom is -0.497 e. The molecule has 3 heterocycles. The van der Waals surface area contributed by atoms with E-state index in [9.17, 15) is 4.79 Å². The maximum absolute atomic E-state index is 13.5. The molecule has 1 aromatic carbocycles. The summed E-state index contributed by atoms with van der Waals surface area (Å²) < 4.78 is 10.8. The number of nitrogens with two attached hydrogens (primary N) is 1. The number of pyridine rings is 1. The average Bonchev–Trinajstić information content (AvgIpc) is 3.28. The Kier molecular flexibility index (Phi) is 7.00. The first kappa shape index (κ1) is 24.6. The molecule has 2 atom stereocenters. The molecule has 0 unspecified atom stereocenters. The highest BCUT2D eigenvalue weighted by molar-refractivity contribution is 6.10. The Labute approximate surface area is 207 Å². The van der Waals surface area contributed by atoms with Crippen LogP contribution in [0.15, 0.2) is 35.5 Å². The first-order valence-corrected chi connectivity index (χ1v) is 12.0. The van der Waals surface area contributed by atoms with Gasteiger partial charge in [-0.3, -0.25) is 9.79 Å². The maximum Gasteiger partial charge on any atom is 0.229 e. The van der Waals surface area contributed by atoms with Crippen LogP contribution >= 0.6 is 0 Å². The SMILES string of the molecule is CN=CC(=CN)c1cc2c(nc1C)N[C@]1(CC2)CCN(C(=O)[C@H](C)c2cc(OC)cc(OC)c2)C1. The fraction of sp³-hybridized carbons (Fsp3) is 0.444. The third-order valence-corrected chi connectivity index (χ3v) is 7.22. The van der Waals surface area contributed by atoms with Crippen LogP contribution in [0.1, 0.15) is 48.1 Å². The fourth-order valence-electron chi connectivity index (χ4n) is 5.13. The molecule has 186 valence electrons. The number of allylic oxidation sites excluding steroid dienone is 1. The van der Waals surface area contributed by atoms with E-state index < -0.39 is 0 Å². The van der Waals surface area contributed by atoms with Gasteiger partial charge in [0, 0.05) is 55.4 Å². The number of methoxy groups -OCH3 is 2. The lowest BCUT2D eigenvalue weighted by Gasteiger charge is -2.36. The van der Waals surface area contributed by atoms with Gasteiger partial charge in [-0.1, -0.05) is 0 Å². The number of ether oxygens (including phenoxy) is 2. The molecule has 0 aliphatic carbocycles. The van der Waals surface area contributed by atoms with Crippen molar-refractivity contribution in [2.24, 2.45) is 10.7 Å². The zero-order chi connectivity index (χ0) is 25.2. The number of hydrogen-bond donors (Lipinski definition) is 2. The van der Waals surface area contributed by atoms with E-state index in [0.717, 1.165) is 54.0 Å². The van der Waals surface area contributed by atoms with Crippen molar-refractivity contribution in [3.8, 4) is 11.5 Å². The van der Waals surface area contributed by atoms with E-state index in [2.05, 4.69) is 16.4 Å². The second-order valence-electron chi connectivity index (χ2n) is 9.42. The monoisotopic (exact) mass is 477 g/mol. The summed E-state index contributed by atoms with van der Waals surface area (Å²) in [6.07, 6.45) is 6.06. The summed E-state index contributed by atoms with van der Waals surface area (Å²) in [5.41, 5.74) is 10.5. The molecule has 2 aromatic rings. The van der Waals surface area contributed by atoms with Crippen LogP contribution in [-0.4, -0.2) is 61.9 Å². The molecule has 4 rings (SSSR count). The third kappa shape index (κ3) is 4.83. The Morgan fingerprint density at radius 2 is 1.94 bits per heavy atom. The number of nitrogens with one attached hydrogen (secondary N) is 1. The summed E-state index contributed by atoms with van der Waals surface area (Å²) in [5.74, 6) is 2.08. The predicted octanol–water partition coefficient (Wildman–Crippen LogP) is 3.54. The van der Waals surface area contributed by atoms with Crippen LogP contribution in [0.25, 0.3) is 5.57 Å². The van der Waals surface area contributed by atoms with Gasteiger partial charge in [0.15, 0.2) is 0 Å². The number of nitrogens with zero attached hydrogens (tertiary/aromatic N) is 3. The molecule has 3 N–H and O–H groups in total. The number of fused-ring (bicyclic) bond motifs is 1. The van der Waals surface area contributed by atoms with Gasteiger partial charge >= 0.3 is 0 Å². The molecule has 0 bridgehead atoms. The third-order valence-electron chi connectivity index (χ3n) is 7.22. The standard InChI is InChI=1S/C27H35N5O3/c1-17(20-10-22(34-4)13-23(11-20)35-5)26(33)32-9-8-27(16-32)7-6-19-12-24(21(14-28)15-29-3)18(2)30-25(19)31-27/h10-15,17H,6-9,16,28H2,1-5H3,(H,30,31)/t17-,27-/m1/s1. The lowest BCUT2D eigenvalue weighted by Crippen LogP contribution is -2.46. The number of benzene rings is 1. The summed E-state index contributed by atoms with van der Waals surface area (Å²) in [5, 5.41) is 3.70. The number of aliphatic imine (C=N–C) groups is 1. The lowest BCUT2D eigenvalue weighted by molar-refractivity contribution is -0.131. The molecule has 0 radical (unpaired) electrons. The molecule has 1 aromatic heterocycles. The maximum atomic E-state index is 13.5. The molecule has 35 heavy (non-hydrogen) atoms. The van der Waals surface area contributed by atoms with E-state index in [1.165, 1.54) is 5.56 Å². The van der Waals surface area contributed by atoms with Crippen molar-refractivity contribution < 1.29 is 14.3 Å². The van der Waals surface area contributed by atoms with Gasteiger partial charge in [-0.2, -0.15) is 0 Å². The van der Waals surface area contributed by atoms with Crippen molar-refractivity contribution in [3.63, 3.8) is 0 Å². The van der Waals surface area contributed by atoms with Crippen LogP contribution < -0.4 is 20.5 Å². The molecule has 2 aliphatic rings. The van der Waals surface area contributed by atoms with Crippen molar-refractivity contribution in [1.29, 1.82) is 0 Å². The van der Waals surface area contributed by atoms with Crippen LogP contribution in [0.2, 0.25) is 0 Å². The van der Waals surface area contributed by atoms with Crippen LogP contribution in [0.4, 0.5) is 5.82 Å². The van der Waals surface area contributed by atoms with Gasteiger partial charge in [0.2, 0.25) is 5.91 Å². The summed E-state index contributed by atoms with van der Waals surface area (Å²) in [6.45, 7) is 5.31. The predicted molar refractivity (Wildman–Crippen MR) is 139 cm³/mol. The summed E-state index contributed by atoms with van der Waals surface area (Å²) >= 11 is 0. The second-order valence-corrected chi connectivity index (χ2v) is 9.42. The number of amides is 1. The molecule has 1 fully saturated rings. The molecule has 1 amide bonds. The minimum absolute atomic E-state index is 0.112. The Balaban J connectivity index is 1.51. The first-order valence-electron chi connectivity index (χ1n) is 12.0. The number of aromatic nitrogens is 1. The quantitative estimate of drug-likeness (QED) is 0.617. The van der Waals surface area contributed by atoms with E-state index >= 15 is 0 Å². The molecular weight excluding hydrogens is 442 g/mol. The summed E-state index contributed by atoms with van der Waals surface area (Å²) in [6, 6.07) is 7.79. The molecular formula is C27H35N5O3. The minimum atomic E-state index is -0.297. The van der Waals surface area contributed by atoms with Gasteiger partial charge in [0.25, 0.3) is 0 Å². The topological polar surface area (TPSA) is 102 Å². The largest absolute Gasteiger partial charge is 0.497 e. The molecule has 8 nitrogen and oxygen atoms in total. The van der Waals surface area contributed by atoms with Gasteiger partial charge < -0.3 is 25.4 Å². The zero-order valence-corrected chi connectivity index (χ0v) is 21.2. The van der Waals surface area contributed by atoms with E-state index in [0.29, 0.717) is 18.0 Å². The van der Waals surface area contributed by atoms with Crippen molar-refractivity contribution in [1.82, 2.24) is 9.88 Å². The Hall–Kier alpha value is -3.55. The fourth-order valence-corrected chi connectivity index (χ4v) is 5.13. The smallest absolute Gasteiger partial charge is 0.229 e. The summed E-state index contributed by atoms with van der Waals surface area (Å²) in [4.78, 5) is 24.4. The molecule has 8 heteroatoms. The van der Waals surface area contributed by atoms with Gasteiger partial charge in [0.05, 0.1) is 25.7 Å². The number of likely N-dealkylation sites (tertiary alicyclic amines) is 1. The van der Waals surface area contributed by atoms with Crippen molar-refractivity contribution in [2.75, 3.05) is 39.7 Å². The van der Waals surface area contributed by atoms with Crippen LogP contribution in [0, 0.1) is 6.92 Å². The van der Waals surface area contributed by atoms with Gasteiger partial charge in [-0.25, -0.2) is 4.98 Å². The Bertz CT molecular complexity index is 1150. The number of carbonyl (C=O) groups is 1. The van der Waals surface area contributed by atoms with Crippen molar-refractivity contribution >= 4 is 23.5 Å². The Morgan fingerprint density at radius 1 is 1.23 bits per heavy atom. The van der Waals surface area contributed by atoms with E-state index in [4.69, 9.17) is 20.2 Å². The summed E-state index contributed by atoms with van der Waals surface area (Å²) in [7, 11) is 4.96. The zero-order valence-electron chi connectivity index (χ0n) is 21.2. The van der Waals surface area contributed by atoms with Crippen molar-refractivity contribution in [3.05, 3.63) is 52.8 Å². The van der Waals surface area contributed by atoms with Gasteiger partial charge in [-0.05, 0) is 62.4 Å². The lowest BCUT2D eigenvalue weighted by atomic mass is 9.86. The number of hydrogen-bond acceptors (Lipinski definition) is 7. The highest BCUT2D eigenvalue weighted by Gasteiger charge is 2.43. The highest BCUT2D eigenvalue weighted by atomic mass is 16.5. The normalized spacial score (nSPS) is 20.6.